The van der Waals surface area contributed by atoms with Crippen molar-refractivity contribution >= 4 is 17.9 Å². The van der Waals surface area contributed by atoms with Crippen LogP contribution in [0.4, 0.5) is 4.79 Å². The van der Waals surface area contributed by atoms with Crippen molar-refractivity contribution < 1.29 is 24.2 Å². The van der Waals surface area contributed by atoms with Gasteiger partial charge < -0.3 is 15.6 Å². The van der Waals surface area contributed by atoms with Crippen LogP contribution >= 0.6 is 0 Å². The van der Waals surface area contributed by atoms with E-state index in [4.69, 9.17) is 5.73 Å². The zero-order valence-electron chi connectivity index (χ0n) is 9.60. The first-order valence-corrected chi connectivity index (χ1v) is 4.97. The van der Waals surface area contributed by atoms with Crippen LogP contribution in [0.3, 0.4) is 0 Å². The average Bonchev–Trinajstić information content (AvgIpc) is 2.29. The minimum atomic E-state index is -1.03. The molecule has 0 aliphatic carbocycles. The number of carbonyl (C=O) groups excluding carboxylic acids is 3. The van der Waals surface area contributed by atoms with Crippen molar-refractivity contribution in [1.82, 2.24) is 5.32 Å². The molecule has 96 valence electrons. The molecule has 0 radical (unpaired) electrons. The number of amides is 3. The molecule has 3 amide bonds. The summed E-state index contributed by atoms with van der Waals surface area (Å²) in [5.74, 6) is -1.92. The van der Waals surface area contributed by atoms with Crippen LogP contribution in [0.15, 0.2) is 18.2 Å². The highest BCUT2D eigenvalue weighted by Crippen LogP contribution is 2.21. The van der Waals surface area contributed by atoms with Crippen LogP contribution in [0.1, 0.15) is 15.9 Å². The predicted octanol–water partition coefficient (Wildman–Crippen LogP) is 0.0523. The number of aryl methyl sites for hydroxylation is 1. The number of rotatable bonds is 3. The summed E-state index contributed by atoms with van der Waals surface area (Å²) in [7, 11) is 0. The fourth-order valence-electron chi connectivity index (χ4n) is 1.21. The number of nitrogens with one attached hydrogen (secondary N) is 1. The molecule has 0 bridgehead atoms. The van der Waals surface area contributed by atoms with Gasteiger partial charge in [0.2, 0.25) is 0 Å². The van der Waals surface area contributed by atoms with Crippen molar-refractivity contribution in [1.29, 1.82) is 0 Å². The summed E-state index contributed by atoms with van der Waals surface area (Å²) < 4.78 is 4.61. The van der Waals surface area contributed by atoms with Gasteiger partial charge in [0.25, 0.3) is 5.91 Å². The molecule has 0 aromatic heterocycles. The summed E-state index contributed by atoms with van der Waals surface area (Å²) in [5, 5.41) is 11.3. The van der Waals surface area contributed by atoms with Crippen molar-refractivity contribution in [2.45, 2.75) is 6.92 Å². The van der Waals surface area contributed by atoms with E-state index in [0.29, 0.717) is 5.56 Å². The van der Waals surface area contributed by atoms with Gasteiger partial charge in [-0.1, -0.05) is 12.1 Å². The van der Waals surface area contributed by atoms with Gasteiger partial charge in [0.1, 0.15) is 11.3 Å². The topological polar surface area (TPSA) is 119 Å². The number of phenols is 1. The Labute approximate surface area is 103 Å². The van der Waals surface area contributed by atoms with Crippen molar-refractivity contribution in [3.63, 3.8) is 0 Å². The van der Waals surface area contributed by atoms with E-state index in [2.05, 4.69) is 4.74 Å². The molecular formula is C11H12N2O5. The van der Waals surface area contributed by atoms with Crippen molar-refractivity contribution in [3.8, 4) is 5.75 Å². The molecule has 7 heteroatoms. The van der Waals surface area contributed by atoms with E-state index in [1.807, 2.05) is 0 Å². The number of ether oxygens (including phenoxy) is 1. The van der Waals surface area contributed by atoms with Crippen molar-refractivity contribution in [3.05, 3.63) is 29.3 Å². The number of hydrogen-bond acceptors (Lipinski definition) is 5. The summed E-state index contributed by atoms with van der Waals surface area (Å²) in [6.07, 6.45) is 0. The van der Waals surface area contributed by atoms with Crippen molar-refractivity contribution in [2.24, 2.45) is 5.73 Å². The lowest BCUT2D eigenvalue weighted by molar-refractivity contribution is -0.123. The molecule has 1 aromatic rings. The van der Waals surface area contributed by atoms with E-state index in [1.54, 1.807) is 24.4 Å². The molecule has 0 heterocycles. The Morgan fingerprint density at radius 2 is 2.06 bits per heavy atom. The lowest BCUT2D eigenvalue weighted by Gasteiger charge is -2.07. The van der Waals surface area contributed by atoms with Crippen LogP contribution in [-0.4, -0.2) is 29.6 Å². The van der Waals surface area contributed by atoms with E-state index < -0.39 is 24.5 Å². The van der Waals surface area contributed by atoms with Gasteiger partial charge in [0.15, 0.2) is 6.61 Å². The Bertz CT molecular complexity index is 498. The monoisotopic (exact) mass is 252 g/mol. The number of phenolic OH excluding ortho intramolecular Hbond substituents is 1. The average molecular weight is 252 g/mol. The smallest absolute Gasteiger partial charge is 0.342 e. The molecule has 0 unspecified atom stereocenters. The van der Waals surface area contributed by atoms with Crippen LogP contribution in [0, 0.1) is 6.92 Å². The van der Waals surface area contributed by atoms with Gasteiger partial charge in [-0.2, -0.15) is 0 Å². The Morgan fingerprint density at radius 3 is 2.67 bits per heavy atom. The third-order valence-electron chi connectivity index (χ3n) is 2.05. The van der Waals surface area contributed by atoms with Gasteiger partial charge in [-0.25, -0.2) is 9.59 Å². The number of aromatic hydroxyl groups is 1. The Hall–Kier alpha value is -2.57. The molecular weight excluding hydrogens is 240 g/mol. The summed E-state index contributed by atoms with van der Waals surface area (Å²) >= 11 is 0. The highest BCUT2D eigenvalue weighted by Gasteiger charge is 2.15. The number of para-hydroxylation sites is 1. The summed E-state index contributed by atoms with van der Waals surface area (Å²) in [6, 6.07) is 3.51. The number of hydrogen-bond donors (Lipinski definition) is 3. The SMILES string of the molecule is Cc1cccc(C(=O)OCC(=O)NC(N)=O)c1O. The molecule has 0 atom stereocenters. The van der Waals surface area contributed by atoms with Gasteiger partial charge in [-0.15, -0.1) is 0 Å². The molecule has 18 heavy (non-hydrogen) atoms. The van der Waals surface area contributed by atoms with Crippen molar-refractivity contribution in [2.75, 3.05) is 6.61 Å². The van der Waals surface area contributed by atoms with Gasteiger partial charge in [0, 0.05) is 0 Å². The van der Waals surface area contributed by atoms with Crippen LogP contribution in [-0.2, 0) is 9.53 Å². The maximum absolute atomic E-state index is 11.5. The second-order valence-corrected chi connectivity index (χ2v) is 3.46. The molecule has 7 nitrogen and oxygen atoms in total. The first kappa shape index (κ1) is 13.5. The molecule has 0 saturated carbocycles. The lowest BCUT2D eigenvalue weighted by Crippen LogP contribution is -2.37. The fourth-order valence-corrected chi connectivity index (χ4v) is 1.21. The number of primary amides is 1. The van der Waals surface area contributed by atoms with E-state index in [9.17, 15) is 19.5 Å². The second kappa shape index (κ2) is 5.67. The van der Waals surface area contributed by atoms with E-state index in [1.165, 1.54) is 6.07 Å². The quantitative estimate of drug-likeness (QED) is 0.657. The Kier molecular flexibility index (Phi) is 4.25. The number of benzene rings is 1. The molecule has 0 aliphatic heterocycles. The van der Waals surface area contributed by atoms with Crippen LogP contribution in [0.25, 0.3) is 0 Å². The summed E-state index contributed by atoms with van der Waals surface area (Å²) in [5.41, 5.74) is 5.16. The summed E-state index contributed by atoms with van der Waals surface area (Å²) in [4.78, 5) is 32.9. The minimum Gasteiger partial charge on any atom is -0.507 e. The number of carbonyl (C=O) groups is 3. The predicted molar refractivity (Wildman–Crippen MR) is 60.9 cm³/mol. The highest BCUT2D eigenvalue weighted by atomic mass is 16.5. The molecule has 4 N–H and O–H groups in total. The van der Waals surface area contributed by atoms with E-state index in [0.717, 1.165) is 0 Å². The van der Waals surface area contributed by atoms with Crippen LogP contribution < -0.4 is 11.1 Å². The van der Waals surface area contributed by atoms with Gasteiger partial charge >= 0.3 is 12.0 Å². The van der Waals surface area contributed by atoms with E-state index in [-0.39, 0.29) is 11.3 Å². The second-order valence-electron chi connectivity index (χ2n) is 3.46. The maximum Gasteiger partial charge on any atom is 0.342 e. The maximum atomic E-state index is 11.5. The molecule has 0 spiro atoms. The lowest BCUT2D eigenvalue weighted by atomic mass is 10.1. The number of urea groups is 1. The van der Waals surface area contributed by atoms with E-state index >= 15 is 0 Å². The zero-order valence-corrected chi connectivity index (χ0v) is 9.60. The molecule has 0 fully saturated rings. The third-order valence-corrected chi connectivity index (χ3v) is 2.05. The van der Waals surface area contributed by atoms with Gasteiger partial charge in [-0.3, -0.25) is 10.1 Å². The Balaban J connectivity index is 2.64. The van der Waals surface area contributed by atoms with Gasteiger partial charge in [-0.05, 0) is 18.6 Å². The molecule has 0 saturated heterocycles. The fraction of sp³-hybridized carbons (Fsp3) is 0.182. The molecule has 1 aromatic carbocycles. The molecule has 0 aliphatic rings. The largest absolute Gasteiger partial charge is 0.507 e. The Morgan fingerprint density at radius 1 is 1.39 bits per heavy atom. The van der Waals surface area contributed by atoms with Crippen LogP contribution in [0.5, 0.6) is 5.75 Å². The number of nitrogens with two attached hydrogens (primary N) is 1. The first-order chi connectivity index (χ1) is 8.41. The zero-order chi connectivity index (χ0) is 13.7. The highest BCUT2D eigenvalue weighted by molar-refractivity contribution is 5.97. The normalized spacial score (nSPS) is 9.61. The third kappa shape index (κ3) is 3.48. The number of imide groups is 1. The standard InChI is InChI=1S/C11H12N2O5/c1-6-3-2-4-7(9(6)15)10(16)18-5-8(14)13-11(12)17/h2-4,15H,5H2,1H3,(H3,12,13,14,17). The van der Waals surface area contributed by atoms with Crippen LogP contribution in [0.2, 0.25) is 0 Å². The minimum absolute atomic E-state index is 0.0538. The molecule has 1 rings (SSSR count). The first-order valence-electron chi connectivity index (χ1n) is 4.97. The number of esters is 1. The summed E-state index contributed by atoms with van der Waals surface area (Å²) in [6.45, 7) is 0.959. The van der Waals surface area contributed by atoms with Gasteiger partial charge in [0.05, 0.1) is 0 Å².